The number of hydrogen-bond acceptors (Lipinski definition) is 6. The smallest absolute Gasteiger partial charge is 0.326 e. The van der Waals surface area contributed by atoms with Gasteiger partial charge < -0.3 is 20.5 Å². The Morgan fingerprint density at radius 3 is 2.94 bits per heavy atom. The monoisotopic (exact) mass is 488 g/mol. The zero-order valence-corrected chi connectivity index (χ0v) is 20.3. The van der Waals surface area contributed by atoms with E-state index in [-0.39, 0.29) is 12.5 Å². The SMILES string of the molecule is O=C(NC(CCOC1CC(CCc2ccc3c(n2)NCCC3)C1)C(=O)O)c1ccc2cccnc2c1. The van der Waals surface area contributed by atoms with Gasteiger partial charge in [0.15, 0.2) is 0 Å². The van der Waals surface area contributed by atoms with E-state index >= 15 is 0 Å². The van der Waals surface area contributed by atoms with Crippen LogP contribution in [-0.4, -0.2) is 52.2 Å². The van der Waals surface area contributed by atoms with E-state index in [1.54, 1.807) is 18.3 Å². The summed E-state index contributed by atoms with van der Waals surface area (Å²) in [5.74, 6) is 0.164. The van der Waals surface area contributed by atoms with Crippen molar-refractivity contribution in [3.8, 4) is 0 Å². The van der Waals surface area contributed by atoms with Crippen molar-refractivity contribution in [2.75, 3.05) is 18.5 Å². The number of anilines is 1. The van der Waals surface area contributed by atoms with E-state index in [9.17, 15) is 14.7 Å². The van der Waals surface area contributed by atoms with Gasteiger partial charge in [-0.3, -0.25) is 9.78 Å². The number of aryl methyl sites for hydroxylation is 2. The number of carboxylic acids is 1. The maximum absolute atomic E-state index is 12.6. The van der Waals surface area contributed by atoms with E-state index in [4.69, 9.17) is 9.72 Å². The molecular formula is C28H32N4O4. The van der Waals surface area contributed by atoms with E-state index < -0.39 is 17.9 Å². The number of carbonyl (C=O) groups excluding carboxylic acids is 1. The molecule has 2 aliphatic rings. The van der Waals surface area contributed by atoms with Gasteiger partial charge in [-0.05, 0) is 74.3 Å². The number of pyridine rings is 2. The zero-order valence-electron chi connectivity index (χ0n) is 20.3. The molecule has 8 nitrogen and oxygen atoms in total. The van der Waals surface area contributed by atoms with E-state index in [1.807, 2.05) is 18.2 Å². The highest BCUT2D eigenvalue weighted by atomic mass is 16.5. The van der Waals surface area contributed by atoms with Crippen LogP contribution in [0.4, 0.5) is 5.82 Å². The Hall–Kier alpha value is -3.52. The van der Waals surface area contributed by atoms with Crippen LogP contribution in [0.5, 0.6) is 0 Å². The number of amides is 1. The molecule has 0 radical (unpaired) electrons. The fourth-order valence-electron chi connectivity index (χ4n) is 4.97. The maximum Gasteiger partial charge on any atom is 0.326 e. The summed E-state index contributed by atoms with van der Waals surface area (Å²) in [5.41, 5.74) is 3.53. The molecule has 8 heteroatoms. The van der Waals surface area contributed by atoms with Gasteiger partial charge in [-0.2, -0.15) is 0 Å². The van der Waals surface area contributed by atoms with Crippen molar-refractivity contribution >= 4 is 28.6 Å². The number of benzene rings is 1. The van der Waals surface area contributed by atoms with Crippen LogP contribution in [0.15, 0.2) is 48.7 Å². The number of carbonyl (C=O) groups is 2. The van der Waals surface area contributed by atoms with Gasteiger partial charge in [0.05, 0.1) is 11.6 Å². The first-order chi connectivity index (χ1) is 17.5. The molecule has 3 heterocycles. The van der Waals surface area contributed by atoms with E-state index in [1.165, 1.54) is 12.0 Å². The molecule has 1 fully saturated rings. The topological polar surface area (TPSA) is 113 Å². The Balaban J connectivity index is 1.03. The number of rotatable bonds is 10. The number of hydrogen-bond donors (Lipinski definition) is 3. The summed E-state index contributed by atoms with van der Waals surface area (Å²) < 4.78 is 5.91. The molecule has 3 N–H and O–H groups in total. The lowest BCUT2D eigenvalue weighted by Crippen LogP contribution is -2.42. The molecule has 1 atom stereocenters. The molecule has 1 aromatic carbocycles. The van der Waals surface area contributed by atoms with Gasteiger partial charge in [0, 0.05) is 42.4 Å². The quantitative estimate of drug-likeness (QED) is 0.395. The average Bonchev–Trinajstić information content (AvgIpc) is 2.88. The maximum atomic E-state index is 12.6. The van der Waals surface area contributed by atoms with Gasteiger partial charge in [0.25, 0.3) is 5.91 Å². The second kappa shape index (κ2) is 11.0. The molecular weight excluding hydrogens is 456 g/mol. The Labute approximate surface area is 210 Å². The summed E-state index contributed by atoms with van der Waals surface area (Å²) in [6, 6.07) is 12.2. The van der Waals surface area contributed by atoms with Crippen LogP contribution in [0.3, 0.4) is 0 Å². The molecule has 188 valence electrons. The van der Waals surface area contributed by atoms with Crippen molar-refractivity contribution in [3.05, 3.63) is 65.5 Å². The van der Waals surface area contributed by atoms with Crippen LogP contribution < -0.4 is 10.6 Å². The Morgan fingerprint density at radius 1 is 1.19 bits per heavy atom. The number of ether oxygens (including phenoxy) is 1. The zero-order chi connectivity index (χ0) is 24.9. The minimum atomic E-state index is -1.07. The second-order valence-electron chi connectivity index (χ2n) is 9.77. The Kier molecular flexibility index (Phi) is 7.41. The lowest BCUT2D eigenvalue weighted by molar-refractivity contribution is -0.140. The standard InChI is InChI=1S/C28H32N4O4/c33-27(21-7-6-19-3-1-12-29-25(19)17-21)32-24(28(34)35)11-14-36-23-15-18(16-23)5-9-22-10-8-20-4-2-13-30-26(20)31-22/h1,3,6-8,10,12,17-18,23-24H,2,4-5,9,11,13-16H2,(H,30,31)(H,32,33)(H,34,35). The number of aromatic nitrogens is 2. The number of fused-ring (bicyclic) bond motifs is 2. The van der Waals surface area contributed by atoms with Crippen LogP contribution in [0.25, 0.3) is 10.9 Å². The summed E-state index contributed by atoms with van der Waals surface area (Å²) in [5, 5.41) is 16.5. The molecule has 0 bridgehead atoms. The summed E-state index contributed by atoms with van der Waals surface area (Å²) in [4.78, 5) is 33.4. The van der Waals surface area contributed by atoms with Gasteiger partial charge in [-0.15, -0.1) is 0 Å². The first kappa shape index (κ1) is 24.2. The fraction of sp³-hybridized carbons (Fsp3) is 0.429. The van der Waals surface area contributed by atoms with Crippen molar-refractivity contribution in [3.63, 3.8) is 0 Å². The molecule has 0 saturated heterocycles. The van der Waals surface area contributed by atoms with E-state index in [0.717, 1.165) is 55.5 Å². The molecule has 5 rings (SSSR count). The molecule has 1 saturated carbocycles. The van der Waals surface area contributed by atoms with Crippen molar-refractivity contribution in [2.24, 2.45) is 5.92 Å². The van der Waals surface area contributed by atoms with Crippen molar-refractivity contribution in [1.82, 2.24) is 15.3 Å². The van der Waals surface area contributed by atoms with Crippen molar-refractivity contribution in [1.29, 1.82) is 0 Å². The van der Waals surface area contributed by atoms with Gasteiger partial charge in [0.2, 0.25) is 0 Å². The van der Waals surface area contributed by atoms with Crippen LogP contribution in [-0.2, 0) is 22.4 Å². The molecule has 0 spiro atoms. The van der Waals surface area contributed by atoms with E-state index in [2.05, 4.69) is 27.8 Å². The predicted octanol–water partition coefficient (Wildman–Crippen LogP) is 3.99. The molecule has 2 aromatic heterocycles. The average molecular weight is 489 g/mol. The van der Waals surface area contributed by atoms with Gasteiger partial charge >= 0.3 is 5.97 Å². The first-order valence-electron chi connectivity index (χ1n) is 12.8. The predicted molar refractivity (Wildman–Crippen MR) is 137 cm³/mol. The van der Waals surface area contributed by atoms with Crippen LogP contribution in [0, 0.1) is 5.92 Å². The second-order valence-corrected chi connectivity index (χ2v) is 9.77. The highest BCUT2D eigenvalue weighted by molar-refractivity contribution is 5.99. The third-order valence-corrected chi connectivity index (χ3v) is 7.18. The highest BCUT2D eigenvalue weighted by Crippen LogP contribution is 2.34. The Bertz CT molecular complexity index is 1240. The van der Waals surface area contributed by atoms with Gasteiger partial charge in [-0.1, -0.05) is 18.2 Å². The summed E-state index contributed by atoms with van der Waals surface area (Å²) in [6.45, 7) is 1.30. The molecule has 1 aliphatic heterocycles. The molecule has 36 heavy (non-hydrogen) atoms. The lowest BCUT2D eigenvalue weighted by atomic mass is 9.79. The molecule has 1 unspecified atom stereocenters. The van der Waals surface area contributed by atoms with Gasteiger partial charge in [-0.25, -0.2) is 9.78 Å². The van der Waals surface area contributed by atoms with Crippen molar-refractivity contribution < 1.29 is 19.4 Å². The van der Waals surface area contributed by atoms with E-state index in [0.29, 0.717) is 23.6 Å². The van der Waals surface area contributed by atoms with Gasteiger partial charge in [0.1, 0.15) is 11.9 Å². The summed E-state index contributed by atoms with van der Waals surface area (Å²) >= 11 is 0. The fourth-order valence-corrected chi connectivity index (χ4v) is 4.97. The minimum Gasteiger partial charge on any atom is -0.480 e. The van der Waals surface area contributed by atoms with Crippen molar-refractivity contribution in [2.45, 2.75) is 57.1 Å². The Morgan fingerprint density at radius 2 is 2.08 bits per heavy atom. The summed E-state index contributed by atoms with van der Waals surface area (Å²) in [6.07, 6.45) is 8.32. The van der Waals surface area contributed by atoms with Crippen LogP contribution >= 0.6 is 0 Å². The number of nitrogens with one attached hydrogen (secondary N) is 2. The molecule has 1 amide bonds. The highest BCUT2D eigenvalue weighted by Gasteiger charge is 2.30. The third kappa shape index (κ3) is 5.82. The lowest BCUT2D eigenvalue weighted by Gasteiger charge is -2.35. The first-order valence-corrected chi connectivity index (χ1v) is 12.8. The van der Waals surface area contributed by atoms with Crippen LogP contribution in [0.2, 0.25) is 0 Å². The normalized spacial score (nSPS) is 19.6. The summed E-state index contributed by atoms with van der Waals surface area (Å²) in [7, 11) is 0. The largest absolute Gasteiger partial charge is 0.480 e. The number of carboxylic acid groups (broad SMARTS) is 1. The number of nitrogens with zero attached hydrogens (tertiary/aromatic N) is 2. The molecule has 3 aromatic rings. The molecule has 1 aliphatic carbocycles. The third-order valence-electron chi connectivity index (χ3n) is 7.18. The van der Waals surface area contributed by atoms with Crippen LogP contribution in [0.1, 0.15) is 53.7 Å². The minimum absolute atomic E-state index is 0.157. The number of aliphatic carboxylic acids is 1.